The fourth-order valence-electron chi connectivity index (χ4n) is 3.35. The lowest BCUT2D eigenvalue weighted by atomic mass is 9.85. The van der Waals surface area contributed by atoms with Crippen LogP contribution >= 0.6 is 0 Å². The molecule has 2 heterocycles. The van der Waals surface area contributed by atoms with Crippen LogP contribution in [0.5, 0.6) is 0 Å². The van der Waals surface area contributed by atoms with E-state index in [-0.39, 0.29) is 13.2 Å². The molecule has 0 aliphatic carbocycles. The molecule has 0 unspecified atom stereocenters. The lowest BCUT2D eigenvalue weighted by molar-refractivity contribution is -0.185. The van der Waals surface area contributed by atoms with E-state index in [2.05, 4.69) is 4.98 Å². The summed E-state index contributed by atoms with van der Waals surface area (Å²) >= 11 is 0. The molecule has 0 radical (unpaired) electrons. The van der Waals surface area contributed by atoms with Crippen LogP contribution in [0, 0.1) is 5.92 Å². The smallest absolute Gasteiger partial charge is 0.392 e. The van der Waals surface area contributed by atoms with Gasteiger partial charge in [-0.25, -0.2) is 4.98 Å². The maximum absolute atomic E-state index is 13.8. The molecule has 2 aromatic rings. The van der Waals surface area contributed by atoms with Gasteiger partial charge in [0.05, 0.1) is 6.61 Å². The van der Waals surface area contributed by atoms with E-state index in [1.165, 1.54) is 25.3 Å². The minimum Gasteiger partial charge on any atom is -0.392 e. The third kappa shape index (κ3) is 3.44. The highest BCUT2D eigenvalue weighted by atomic mass is 19.4. The van der Waals surface area contributed by atoms with E-state index in [1.807, 2.05) is 0 Å². The number of carbonyl (C=O) groups excluding carboxylic acids is 1. The number of hydrogen-bond donors (Lipinski definition) is 1. The topological polar surface area (TPSA) is 53.4 Å². The van der Waals surface area contributed by atoms with Gasteiger partial charge in [-0.2, -0.15) is 13.2 Å². The summed E-state index contributed by atoms with van der Waals surface area (Å²) in [5, 5.41) is 9.08. The Bertz CT molecular complexity index is 790. The lowest BCUT2D eigenvalue weighted by Crippen LogP contribution is -2.44. The van der Waals surface area contributed by atoms with Crippen molar-refractivity contribution in [2.45, 2.75) is 32.0 Å². The van der Waals surface area contributed by atoms with Crippen molar-refractivity contribution >= 4 is 11.7 Å². The molecular weight excluding hydrogens is 345 g/mol. The van der Waals surface area contributed by atoms with Gasteiger partial charge in [0, 0.05) is 18.7 Å². The van der Waals surface area contributed by atoms with Gasteiger partial charge in [-0.05, 0) is 29.2 Å². The lowest BCUT2D eigenvalue weighted by Gasteiger charge is -2.29. The average molecular weight is 364 g/mol. The number of anilines is 1. The van der Waals surface area contributed by atoms with Crippen LogP contribution < -0.4 is 4.90 Å². The number of benzene rings is 1. The molecule has 1 aliphatic heterocycles. The highest BCUT2D eigenvalue weighted by molar-refractivity contribution is 5.97. The first-order chi connectivity index (χ1) is 12.3. The summed E-state index contributed by atoms with van der Waals surface area (Å²) in [6.07, 6.45) is -2.70. The standard InChI is InChI=1S/C19H19F3N2O2/c1-12(14-6-4-13(11-25)5-7-14)16(19(20,21)22)18(26)24-10-8-15-3-2-9-23-17(15)24/h2-7,9,12,16,25H,8,10-11H2,1H3/t12-,16+/m1/s1. The zero-order valence-electron chi connectivity index (χ0n) is 14.2. The van der Waals surface area contributed by atoms with Crippen molar-refractivity contribution in [3.8, 4) is 0 Å². The molecule has 1 aliphatic rings. The summed E-state index contributed by atoms with van der Waals surface area (Å²) in [4.78, 5) is 18.1. The van der Waals surface area contributed by atoms with Crippen molar-refractivity contribution in [2.24, 2.45) is 5.92 Å². The summed E-state index contributed by atoms with van der Waals surface area (Å²) < 4.78 is 41.3. The van der Waals surface area contributed by atoms with Crippen molar-refractivity contribution in [1.82, 2.24) is 4.98 Å². The average Bonchev–Trinajstić information content (AvgIpc) is 3.04. The molecule has 7 heteroatoms. The van der Waals surface area contributed by atoms with Crippen molar-refractivity contribution in [2.75, 3.05) is 11.4 Å². The second-order valence-electron chi connectivity index (χ2n) is 6.43. The van der Waals surface area contributed by atoms with Gasteiger partial charge in [-0.3, -0.25) is 9.69 Å². The number of hydrogen-bond acceptors (Lipinski definition) is 3. The number of fused-ring (bicyclic) bond motifs is 1. The van der Waals surface area contributed by atoms with Crippen LogP contribution in [0.3, 0.4) is 0 Å². The van der Waals surface area contributed by atoms with Crippen molar-refractivity contribution < 1.29 is 23.1 Å². The summed E-state index contributed by atoms with van der Waals surface area (Å²) in [5.41, 5.74) is 1.79. The van der Waals surface area contributed by atoms with Crippen LogP contribution in [0.2, 0.25) is 0 Å². The first kappa shape index (κ1) is 18.4. The van der Waals surface area contributed by atoms with E-state index in [4.69, 9.17) is 5.11 Å². The summed E-state index contributed by atoms with van der Waals surface area (Å²) in [6, 6.07) is 9.67. The molecule has 4 nitrogen and oxygen atoms in total. The van der Waals surface area contributed by atoms with Gasteiger partial charge in [0.2, 0.25) is 5.91 Å². The van der Waals surface area contributed by atoms with Crippen LogP contribution in [0.4, 0.5) is 19.0 Å². The van der Waals surface area contributed by atoms with E-state index >= 15 is 0 Å². The number of rotatable bonds is 4. The zero-order chi connectivity index (χ0) is 18.9. The predicted octanol–water partition coefficient (Wildman–Crippen LogP) is 3.45. The van der Waals surface area contributed by atoms with Gasteiger partial charge in [0.25, 0.3) is 0 Å². The first-order valence-electron chi connectivity index (χ1n) is 8.34. The Morgan fingerprint density at radius 3 is 2.58 bits per heavy atom. The highest BCUT2D eigenvalue weighted by Crippen LogP contribution is 2.40. The fourth-order valence-corrected chi connectivity index (χ4v) is 3.35. The maximum Gasteiger partial charge on any atom is 0.401 e. The Hall–Kier alpha value is -2.41. The Morgan fingerprint density at radius 1 is 1.27 bits per heavy atom. The van der Waals surface area contributed by atoms with Gasteiger partial charge in [-0.1, -0.05) is 37.3 Å². The molecule has 26 heavy (non-hydrogen) atoms. The Labute approximate surface area is 149 Å². The SMILES string of the molecule is C[C@H](c1ccc(CO)cc1)[C@@H](C(=O)N1CCc2cccnc21)C(F)(F)F. The quantitative estimate of drug-likeness (QED) is 0.904. The second kappa shape index (κ2) is 7.07. The predicted molar refractivity (Wildman–Crippen MR) is 90.6 cm³/mol. The van der Waals surface area contributed by atoms with Gasteiger partial charge in [0.15, 0.2) is 0 Å². The van der Waals surface area contributed by atoms with Crippen LogP contribution in [0.25, 0.3) is 0 Å². The molecule has 1 aromatic heterocycles. The van der Waals surface area contributed by atoms with Crippen LogP contribution in [-0.2, 0) is 17.8 Å². The normalized spacial score (nSPS) is 16.3. The molecule has 138 valence electrons. The van der Waals surface area contributed by atoms with E-state index in [0.29, 0.717) is 23.4 Å². The van der Waals surface area contributed by atoms with Crippen LogP contribution in [-0.4, -0.2) is 28.7 Å². The minimum atomic E-state index is -4.68. The van der Waals surface area contributed by atoms with Crippen molar-refractivity contribution in [1.29, 1.82) is 0 Å². The van der Waals surface area contributed by atoms with Gasteiger partial charge in [-0.15, -0.1) is 0 Å². The van der Waals surface area contributed by atoms with E-state index in [0.717, 1.165) is 10.5 Å². The third-order valence-electron chi connectivity index (χ3n) is 4.80. The van der Waals surface area contributed by atoms with E-state index < -0.39 is 23.9 Å². The van der Waals surface area contributed by atoms with Crippen molar-refractivity contribution in [3.05, 3.63) is 59.3 Å². The largest absolute Gasteiger partial charge is 0.401 e. The molecule has 0 fully saturated rings. The maximum atomic E-state index is 13.8. The molecule has 1 amide bonds. The van der Waals surface area contributed by atoms with E-state index in [9.17, 15) is 18.0 Å². The van der Waals surface area contributed by atoms with E-state index in [1.54, 1.807) is 24.3 Å². The Morgan fingerprint density at radius 2 is 1.96 bits per heavy atom. The number of pyridine rings is 1. The first-order valence-corrected chi connectivity index (χ1v) is 8.34. The number of aliphatic hydroxyl groups excluding tert-OH is 1. The molecular formula is C19H19F3N2O2. The monoisotopic (exact) mass is 364 g/mol. The van der Waals surface area contributed by atoms with Gasteiger partial charge < -0.3 is 5.11 Å². The zero-order valence-corrected chi connectivity index (χ0v) is 14.2. The molecule has 1 aromatic carbocycles. The highest BCUT2D eigenvalue weighted by Gasteiger charge is 2.51. The number of alkyl halides is 3. The Balaban J connectivity index is 1.92. The van der Waals surface area contributed by atoms with Crippen LogP contribution in [0.15, 0.2) is 42.6 Å². The van der Waals surface area contributed by atoms with Crippen LogP contribution in [0.1, 0.15) is 29.5 Å². The number of nitrogens with zero attached hydrogens (tertiary/aromatic N) is 2. The third-order valence-corrected chi connectivity index (χ3v) is 4.80. The number of aromatic nitrogens is 1. The molecule has 3 rings (SSSR count). The summed E-state index contributed by atoms with van der Waals surface area (Å²) in [7, 11) is 0. The van der Waals surface area contributed by atoms with Gasteiger partial charge in [0.1, 0.15) is 11.7 Å². The number of aliphatic hydroxyl groups is 1. The summed E-state index contributed by atoms with van der Waals surface area (Å²) in [5.74, 6) is -3.87. The molecule has 2 atom stereocenters. The summed E-state index contributed by atoms with van der Waals surface area (Å²) in [6.45, 7) is 1.42. The molecule has 0 saturated heterocycles. The number of carbonyl (C=O) groups is 1. The molecule has 1 N–H and O–H groups in total. The molecule has 0 spiro atoms. The minimum absolute atomic E-state index is 0.188. The number of halogens is 3. The Kier molecular flexibility index (Phi) is 5.00. The second-order valence-corrected chi connectivity index (χ2v) is 6.43. The fraction of sp³-hybridized carbons (Fsp3) is 0.368. The number of amides is 1. The molecule has 0 bridgehead atoms. The van der Waals surface area contributed by atoms with Gasteiger partial charge >= 0.3 is 6.18 Å². The van der Waals surface area contributed by atoms with Crippen molar-refractivity contribution in [3.63, 3.8) is 0 Å². The molecule has 0 saturated carbocycles.